The van der Waals surface area contributed by atoms with Crippen molar-refractivity contribution in [1.82, 2.24) is 4.98 Å². The van der Waals surface area contributed by atoms with Crippen LogP contribution in [0.4, 0.5) is 15.9 Å². The van der Waals surface area contributed by atoms with Crippen molar-refractivity contribution in [3.63, 3.8) is 0 Å². The number of pyridine rings is 1. The Labute approximate surface area is 199 Å². The van der Waals surface area contributed by atoms with Gasteiger partial charge in [0.2, 0.25) is 0 Å². The summed E-state index contributed by atoms with van der Waals surface area (Å²) in [7, 11) is 1.59. The monoisotopic (exact) mass is 461 g/mol. The zero-order valence-corrected chi connectivity index (χ0v) is 19.4. The van der Waals surface area contributed by atoms with Gasteiger partial charge in [-0.2, -0.15) is 0 Å². The Hall–Kier alpha value is -3.74. The van der Waals surface area contributed by atoms with Crippen LogP contribution in [-0.4, -0.2) is 43.4 Å². The summed E-state index contributed by atoms with van der Waals surface area (Å²) >= 11 is 0. The second kappa shape index (κ2) is 10.5. The average molecular weight is 462 g/mol. The summed E-state index contributed by atoms with van der Waals surface area (Å²) in [5, 5.41) is 0. The van der Waals surface area contributed by atoms with E-state index in [1.807, 2.05) is 43.3 Å². The van der Waals surface area contributed by atoms with Crippen LogP contribution in [0.1, 0.15) is 40.5 Å². The molecule has 0 N–H and O–H groups in total. The number of carbonyl (C=O) groups is 2. The predicted molar refractivity (Wildman–Crippen MR) is 130 cm³/mol. The standard InChI is InChI=1S/C27H28FN3O3/c1-3-31(24-9-4-5-16-29-24)27(33)22-7-6-8-23(34-2)25(22)30-17-14-20(15-18-30)26(32)19-10-12-21(28)13-11-19/h4-13,16,20H,3,14-15,17-18H2,1-2H3. The molecule has 1 saturated heterocycles. The molecule has 7 heteroatoms. The number of nitrogens with zero attached hydrogens (tertiary/aromatic N) is 3. The third kappa shape index (κ3) is 4.78. The van der Waals surface area contributed by atoms with Gasteiger partial charge in [0.1, 0.15) is 17.4 Å². The number of benzene rings is 2. The summed E-state index contributed by atoms with van der Waals surface area (Å²) in [6.07, 6.45) is 2.94. The third-order valence-corrected chi connectivity index (χ3v) is 6.25. The van der Waals surface area contributed by atoms with Gasteiger partial charge in [0.15, 0.2) is 5.78 Å². The lowest BCUT2D eigenvalue weighted by Crippen LogP contribution is -2.39. The molecule has 1 fully saturated rings. The summed E-state index contributed by atoms with van der Waals surface area (Å²) in [6, 6.07) is 16.7. The van der Waals surface area contributed by atoms with Crippen LogP contribution in [0, 0.1) is 11.7 Å². The van der Waals surface area contributed by atoms with Crippen LogP contribution in [-0.2, 0) is 0 Å². The molecule has 0 bridgehead atoms. The first-order valence-corrected chi connectivity index (χ1v) is 11.5. The maximum atomic E-state index is 13.6. The fourth-order valence-corrected chi connectivity index (χ4v) is 4.47. The third-order valence-electron chi connectivity index (χ3n) is 6.25. The molecular weight excluding hydrogens is 433 g/mol. The molecule has 0 radical (unpaired) electrons. The first-order valence-electron chi connectivity index (χ1n) is 11.5. The highest BCUT2D eigenvalue weighted by Crippen LogP contribution is 2.36. The molecule has 34 heavy (non-hydrogen) atoms. The molecule has 4 rings (SSSR count). The SMILES string of the molecule is CCN(C(=O)c1cccc(OC)c1N1CCC(C(=O)c2ccc(F)cc2)CC1)c1ccccn1. The molecule has 0 aliphatic carbocycles. The first-order chi connectivity index (χ1) is 16.5. The molecule has 2 heterocycles. The Bertz CT molecular complexity index is 1140. The summed E-state index contributed by atoms with van der Waals surface area (Å²) in [5.41, 5.74) is 1.80. The number of para-hydroxylation sites is 1. The highest BCUT2D eigenvalue weighted by atomic mass is 19.1. The number of aromatic nitrogens is 1. The van der Waals surface area contributed by atoms with Crippen molar-refractivity contribution in [2.45, 2.75) is 19.8 Å². The van der Waals surface area contributed by atoms with Crippen LogP contribution in [0.3, 0.4) is 0 Å². The lowest BCUT2D eigenvalue weighted by Gasteiger charge is -2.35. The summed E-state index contributed by atoms with van der Waals surface area (Å²) in [4.78, 5) is 34.6. The number of piperidine rings is 1. The molecule has 0 saturated carbocycles. The van der Waals surface area contributed by atoms with Gasteiger partial charge in [-0.3, -0.25) is 14.5 Å². The van der Waals surface area contributed by atoms with Crippen molar-refractivity contribution in [3.05, 3.63) is 83.8 Å². The smallest absolute Gasteiger partial charge is 0.261 e. The van der Waals surface area contributed by atoms with E-state index in [2.05, 4.69) is 9.88 Å². The molecule has 0 atom stereocenters. The number of rotatable bonds is 7. The Morgan fingerprint density at radius 2 is 1.79 bits per heavy atom. The van der Waals surface area contributed by atoms with Gasteiger partial charge in [-0.25, -0.2) is 9.37 Å². The van der Waals surface area contributed by atoms with E-state index in [9.17, 15) is 14.0 Å². The van der Waals surface area contributed by atoms with Gasteiger partial charge in [-0.05, 0) is 68.3 Å². The fourth-order valence-electron chi connectivity index (χ4n) is 4.47. The topological polar surface area (TPSA) is 62.7 Å². The van der Waals surface area contributed by atoms with E-state index < -0.39 is 0 Å². The molecule has 1 aromatic heterocycles. The highest BCUT2D eigenvalue weighted by molar-refractivity contribution is 6.10. The largest absolute Gasteiger partial charge is 0.495 e. The van der Waals surface area contributed by atoms with Crippen molar-refractivity contribution in [1.29, 1.82) is 0 Å². The number of hydrogen-bond donors (Lipinski definition) is 0. The van der Waals surface area contributed by atoms with Crippen molar-refractivity contribution in [2.75, 3.05) is 36.5 Å². The van der Waals surface area contributed by atoms with Gasteiger partial charge in [0.25, 0.3) is 5.91 Å². The van der Waals surface area contributed by atoms with Gasteiger partial charge in [-0.1, -0.05) is 12.1 Å². The minimum Gasteiger partial charge on any atom is -0.495 e. The Balaban J connectivity index is 1.57. The van der Waals surface area contributed by atoms with Gasteiger partial charge in [-0.15, -0.1) is 0 Å². The molecule has 1 amide bonds. The highest BCUT2D eigenvalue weighted by Gasteiger charge is 2.30. The predicted octanol–water partition coefficient (Wildman–Crippen LogP) is 5.00. The van der Waals surface area contributed by atoms with Crippen molar-refractivity contribution < 1.29 is 18.7 Å². The number of methoxy groups -OCH3 is 1. The minimum atomic E-state index is -0.355. The van der Waals surface area contributed by atoms with Crippen LogP contribution in [0.5, 0.6) is 5.75 Å². The summed E-state index contributed by atoms with van der Waals surface area (Å²) in [5.74, 6) is 0.587. The van der Waals surface area contributed by atoms with Crippen LogP contribution in [0.15, 0.2) is 66.9 Å². The summed E-state index contributed by atoms with van der Waals surface area (Å²) < 4.78 is 18.9. The quantitative estimate of drug-likeness (QED) is 0.464. The van der Waals surface area contributed by atoms with E-state index in [4.69, 9.17) is 4.74 Å². The van der Waals surface area contributed by atoms with Crippen molar-refractivity contribution in [3.8, 4) is 5.75 Å². The van der Waals surface area contributed by atoms with E-state index in [1.54, 1.807) is 18.2 Å². The maximum absolute atomic E-state index is 13.6. The first kappa shape index (κ1) is 23.4. The number of Topliss-reactive ketones (excluding diaryl/α,β-unsaturated/α-hetero) is 1. The lowest BCUT2D eigenvalue weighted by molar-refractivity contribution is 0.0899. The van der Waals surface area contributed by atoms with E-state index in [-0.39, 0.29) is 23.4 Å². The second-order valence-electron chi connectivity index (χ2n) is 8.23. The van der Waals surface area contributed by atoms with Crippen LogP contribution < -0.4 is 14.5 Å². The summed E-state index contributed by atoms with van der Waals surface area (Å²) in [6.45, 7) is 3.60. The number of anilines is 2. The zero-order valence-electron chi connectivity index (χ0n) is 19.4. The number of ketones is 1. The molecule has 1 aliphatic heterocycles. The Morgan fingerprint density at radius 1 is 1.06 bits per heavy atom. The number of ether oxygens (including phenoxy) is 1. The number of carbonyl (C=O) groups excluding carboxylic acids is 2. The number of halogens is 1. The van der Waals surface area contributed by atoms with Crippen LogP contribution in [0.2, 0.25) is 0 Å². The molecule has 0 spiro atoms. The van der Waals surface area contributed by atoms with E-state index in [1.165, 1.54) is 24.3 Å². The Morgan fingerprint density at radius 3 is 2.41 bits per heavy atom. The van der Waals surface area contributed by atoms with E-state index >= 15 is 0 Å². The van der Waals surface area contributed by atoms with Gasteiger partial charge in [0.05, 0.1) is 18.4 Å². The molecule has 1 aliphatic rings. The molecule has 3 aromatic rings. The van der Waals surface area contributed by atoms with E-state index in [0.717, 1.165) is 5.69 Å². The molecular formula is C27H28FN3O3. The van der Waals surface area contributed by atoms with Crippen molar-refractivity contribution >= 4 is 23.2 Å². The van der Waals surface area contributed by atoms with Gasteiger partial charge < -0.3 is 9.64 Å². The normalized spacial score (nSPS) is 14.0. The average Bonchev–Trinajstić information content (AvgIpc) is 2.89. The number of hydrogen-bond acceptors (Lipinski definition) is 5. The minimum absolute atomic E-state index is 0.0308. The molecule has 2 aromatic carbocycles. The Kier molecular flexibility index (Phi) is 7.21. The molecule has 0 unspecified atom stereocenters. The second-order valence-corrected chi connectivity index (χ2v) is 8.23. The zero-order chi connectivity index (χ0) is 24.1. The van der Waals surface area contributed by atoms with E-state index in [0.29, 0.717) is 55.2 Å². The maximum Gasteiger partial charge on any atom is 0.261 e. The van der Waals surface area contributed by atoms with Crippen LogP contribution >= 0.6 is 0 Å². The molecule has 6 nitrogen and oxygen atoms in total. The molecule has 176 valence electrons. The van der Waals surface area contributed by atoms with Gasteiger partial charge in [0, 0.05) is 37.3 Å². The lowest BCUT2D eigenvalue weighted by atomic mass is 9.88. The van der Waals surface area contributed by atoms with Crippen LogP contribution in [0.25, 0.3) is 0 Å². The fraction of sp³-hybridized carbons (Fsp3) is 0.296. The van der Waals surface area contributed by atoms with Gasteiger partial charge >= 0.3 is 0 Å². The van der Waals surface area contributed by atoms with Crippen molar-refractivity contribution in [2.24, 2.45) is 5.92 Å². The number of amides is 1.